The molecule has 0 saturated heterocycles. The number of carbonyl (C=O) groups is 1. The van der Waals surface area contributed by atoms with Crippen LogP contribution in [0.1, 0.15) is 17.4 Å². The van der Waals surface area contributed by atoms with Gasteiger partial charge < -0.3 is 20.2 Å². The van der Waals surface area contributed by atoms with E-state index in [1.807, 2.05) is 6.07 Å². The van der Waals surface area contributed by atoms with Gasteiger partial charge in [0.2, 0.25) is 0 Å². The molecule has 102 valence electrons. The molecular weight excluding hydrogens is 258 g/mol. The Labute approximate surface area is 115 Å². The van der Waals surface area contributed by atoms with E-state index in [4.69, 9.17) is 9.68 Å². The summed E-state index contributed by atoms with van der Waals surface area (Å²) >= 11 is 0. The highest BCUT2D eigenvalue weighted by Crippen LogP contribution is 2.12. The first kappa shape index (κ1) is 13.6. The van der Waals surface area contributed by atoms with Crippen molar-refractivity contribution in [3.8, 4) is 6.07 Å². The molecule has 1 unspecified atom stereocenters. The average Bonchev–Trinajstić information content (AvgIpc) is 2.99. The van der Waals surface area contributed by atoms with Crippen molar-refractivity contribution in [2.24, 2.45) is 0 Å². The molecule has 0 spiro atoms. The molecule has 0 aliphatic rings. The lowest BCUT2D eigenvalue weighted by molar-refractivity contribution is 0.149. The van der Waals surface area contributed by atoms with Crippen LogP contribution in [0.5, 0.6) is 0 Å². The van der Waals surface area contributed by atoms with Crippen LogP contribution in [0, 0.1) is 11.3 Å². The van der Waals surface area contributed by atoms with E-state index >= 15 is 0 Å². The Morgan fingerprint density at radius 2 is 2.25 bits per heavy atom. The number of carbonyl (C=O) groups excluding carboxylic acids is 1. The molecule has 0 fully saturated rings. The van der Waals surface area contributed by atoms with Gasteiger partial charge in [-0.25, -0.2) is 4.79 Å². The quantitative estimate of drug-likeness (QED) is 0.792. The van der Waals surface area contributed by atoms with Crippen LogP contribution in [0.2, 0.25) is 0 Å². The van der Waals surface area contributed by atoms with E-state index in [0.717, 1.165) is 0 Å². The van der Waals surface area contributed by atoms with E-state index in [-0.39, 0.29) is 6.54 Å². The Balaban J connectivity index is 1.85. The molecule has 0 radical (unpaired) electrons. The lowest BCUT2D eigenvalue weighted by Gasteiger charge is -2.10. The number of nitrogens with zero attached hydrogens (tertiary/aromatic N) is 1. The third-order valence-electron chi connectivity index (χ3n) is 2.58. The normalized spacial score (nSPS) is 11.4. The standard InChI is InChI=1S/C14H13N3O3/c15-8-10-3-1-4-11(7-10)17-14(19)16-9-12(18)13-5-2-6-20-13/h1-7,12,18H,9H2,(H2,16,17,19). The smallest absolute Gasteiger partial charge is 0.319 e. The number of amides is 2. The van der Waals surface area contributed by atoms with E-state index < -0.39 is 12.1 Å². The molecule has 1 atom stereocenters. The van der Waals surface area contributed by atoms with Gasteiger partial charge in [-0.2, -0.15) is 5.26 Å². The number of aliphatic hydroxyl groups is 1. The van der Waals surface area contributed by atoms with Crippen molar-refractivity contribution < 1.29 is 14.3 Å². The molecule has 0 aliphatic heterocycles. The zero-order valence-electron chi connectivity index (χ0n) is 10.5. The number of furan rings is 1. The van der Waals surface area contributed by atoms with Crippen LogP contribution in [0.3, 0.4) is 0 Å². The summed E-state index contributed by atoms with van der Waals surface area (Å²) in [5.41, 5.74) is 0.965. The number of nitrogens with one attached hydrogen (secondary N) is 2. The lowest BCUT2D eigenvalue weighted by atomic mass is 10.2. The molecule has 6 nitrogen and oxygen atoms in total. The minimum atomic E-state index is -0.902. The maximum Gasteiger partial charge on any atom is 0.319 e. The van der Waals surface area contributed by atoms with Crippen molar-refractivity contribution in [1.82, 2.24) is 5.32 Å². The third kappa shape index (κ3) is 3.60. The first-order valence-corrected chi connectivity index (χ1v) is 5.95. The largest absolute Gasteiger partial charge is 0.467 e. The molecule has 1 heterocycles. The van der Waals surface area contributed by atoms with E-state index in [1.54, 1.807) is 36.4 Å². The van der Waals surface area contributed by atoms with Gasteiger partial charge in [0.25, 0.3) is 0 Å². The molecule has 3 N–H and O–H groups in total. The van der Waals surface area contributed by atoms with Gasteiger partial charge in [0.05, 0.1) is 24.4 Å². The molecule has 0 saturated carbocycles. The van der Waals surface area contributed by atoms with E-state index in [9.17, 15) is 9.90 Å². The van der Waals surface area contributed by atoms with Gasteiger partial charge in [-0.3, -0.25) is 0 Å². The van der Waals surface area contributed by atoms with Crippen molar-refractivity contribution in [2.75, 3.05) is 11.9 Å². The van der Waals surface area contributed by atoms with Gasteiger partial charge in [0.15, 0.2) is 0 Å². The first-order chi connectivity index (χ1) is 9.69. The summed E-state index contributed by atoms with van der Waals surface area (Å²) in [7, 11) is 0. The summed E-state index contributed by atoms with van der Waals surface area (Å²) in [6, 6.07) is 11.3. The first-order valence-electron chi connectivity index (χ1n) is 5.95. The van der Waals surface area contributed by atoms with Gasteiger partial charge in [0.1, 0.15) is 11.9 Å². The molecule has 1 aromatic heterocycles. The zero-order valence-corrected chi connectivity index (χ0v) is 10.5. The van der Waals surface area contributed by atoms with Crippen molar-refractivity contribution in [3.63, 3.8) is 0 Å². The highest BCUT2D eigenvalue weighted by atomic mass is 16.4. The number of aliphatic hydroxyl groups excluding tert-OH is 1. The Kier molecular flexibility index (Phi) is 4.37. The number of benzene rings is 1. The van der Waals surface area contributed by atoms with Crippen molar-refractivity contribution in [2.45, 2.75) is 6.10 Å². The van der Waals surface area contributed by atoms with Crippen LogP contribution in [0.15, 0.2) is 47.1 Å². The topological polar surface area (TPSA) is 98.3 Å². The summed E-state index contributed by atoms with van der Waals surface area (Å²) in [6.07, 6.45) is 0.549. The summed E-state index contributed by atoms with van der Waals surface area (Å²) < 4.78 is 5.02. The van der Waals surface area contributed by atoms with Gasteiger partial charge in [-0.1, -0.05) is 6.07 Å². The third-order valence-corrected chi connectivity index (χ3v) is 2.58. The lowest BCUT2D eigenvalue weighted by Crippen LogP contribution is -2.32. The number of anilines is 1. The Bertz CT molecular complexity index is 617. The van der Waals surface area contributed by atoms with Crippen LogP contribution in [0.4, 0.5) is 10.5 Å². The van der Waals surface area contributed by atoms with Crippen molar-refractivity contribution in [3.05, 3.63) is 54.0 Å². The fourth-order valence-corrected chi connectivity index (χ4v) is 1.61. The predicted molar refractivity (Wildman–Crippen MR) is 71.8 cm³/mol. The van der Waals surface area contributed by atoms with Gasteiger partial charge in [-0.15, -0.1) is 0 Å². The summed E-state index contributed by atoms with van der Waals surface area (Å²) in [5, 5.41) is 23.6. The van der Waals surface area contributed by atoms with Crippen LogP contribution < -0.4 is 10.6 Å². The molecule has 2 rings (SSSR count). The second-order valence-corrected chi connectivity index (χ2v) is 4.06. The van der Waals surface area contributed by atoms with Crippen molar-refractivity contribution >= 4 is 11.7 Å². The van der Waals surface area contributed by atoms with Gasteiger partial charge >= 0.3 is 6.03 Å². The van der Waals surface area contributed by atoms with E-state index in [0.29, 0.717) is 17.0 Å². The summed E-state index contributed by atoms with van der Waals surface area (Å²) in [4.78, 5) is 11.6. The van der Waals surface area contributed by atoms with Gasteiger partial charge in [0, 0.05) is 5.69 Å². The SMILES string of the molecule is N#Cc1cccc(NC(=O)NCC(O)c2ccco2)c1. The highest BCUT2D eigenvalue weighted by Gasteiger charge is 2.11. The van der Waals surface area contributed by atoms with E-state index in [1.165, 1.54) is 6.26 Å². The molecule has 20 heavy (non-hydrogen) atoms. The van der Waals surface area contributed by atoms with Gasteiger partial charge in [-0.05, 0) is 30.3 Å². The second-order valence-electron chi connectivity index (χ2n) is 4.06. The Morgan fingerprint density at radius 3 is 2.95 bits per heavy atom. The average molecular weight is 271 g/mol. The monoisotopic (exact) mass is 271 g/mol. The summed E-state index contributed by atoms with van der Waals surface area (Å²) in [5.74, 6) is 0.386. The Morgan fingerprint density at radius 1 is 1.40 bits per heavy atom. The zero-order chi connectivity index (χ0) is 14.4. The van der Waals surface area contributed by atoms with E-state index in [2.05, 4.69) is 10.6 Å². The molecule has 2 aromatic rings. The maximum absolute atomic E-state index is 11.6. The van der Waals surface area contributed by atoms with Crippen LogP contribution in [0.25, 0.3) is 0 Å². The predicted octanol–water partition coefficient (Wildman–Crippen LogP) is 2.01. The number of hydrogen-bond acceptors (Lipinski definition) is 4. The number of nitriles is 1. The number of hydrogen-bond donors (Lipinski definition) is 3. The van der Waals surface area contributed by atoms with Crippen LogP contribution in [-0.4, -0.2) is 17.7 Å². The second kappa shape index (κ2) is 6.41. The minimum absolute atomic E-state index is 0.0251. The molecule has 0 bridgehead atoms. The maximum atomic E-state index is 11.6. The molecule has 2 amide bonds. The summed E-state index contributed by atoms with van der Waals surface area (Å²) in [6.45, 7) is 0.0251. The minimum Gasteiger partial charge on any atom is -0.467 e. The van der Waals surface area contributed by atoms with Crippen LogP contribution >= 0.6 is 0 Å². The number of urea groups is 1. The molecule has 1 aromatic carbocycles. The highest BCUT2D eigenvalue weighted by molar-refractivity contribution is 5.89. The molecule has 0 aliphatic carbocycles. The number of rotatable bonds is 4. The molecular formula is C14H13N3O3. The fourth-order valence-electron chi connectivity index (χ4n) is 1.61. The van der Waals surface area contributed by atoms with Crippen molar-refractivity contribution in [1.29, 1.82) is 5.26 Å². The van der Waals surface area contributed by atoms with Crippen LogP contribution in [-0.2, 0) is 0 Å². The molecule has 6 heteroatoms. The Hall–Kier alpha value is -2.78. The fraction of sp³-hybridized carbons (Fsp3) is 0.143.